The summed E-state index contributed by atoms with van der Waals surface area (Å²) in [7, 11) is -3.53. The van der Waals surface area contributed by atoms with E-state index in [2.05, 4.69) is 9.97 Å². The quantitative estimate of drug-likeness (QED) is 0.851. The zero-order chi connectivity index (χ0) is 17.3. The predicted octanol–water partition coefficient (Wildman–Crippen LogP) is 2.16. The van der Waals surface area contributed by atoms with Gasteiger partial charge in [-0.2, -0.15) is 4.31 Å². The van der Waals surface area contributed by atoms with Gasteiger partial charge in [0.2, 0.25) is 10.0 Å². The number of benzene rings is 1. The van der Waals surface area contributed by atoms with Gasteiger partial charge in [0, 0.05) is 18.8 Å². The van der Waals surface area contributed by atoms with E-state index in [9.17, 15) is 8.42 Å². The van der Waals surface area contributed by atoms with Gasteiger partial charge >= 0.3 is 0 Å². The smallest absolute Gasteiger partial charge is 0.243 e. The summed E-state index contributed by atoms with van der Waals surface area (Å²) in [5.74, 6) is 0.659. The highest BCUT2D eigenvalue weighted by atomic mass is 32.2. The van der Waals surface area contributed by atoms with Crippen molar-refractivity contribution in [2.75, 3.05) is 19.7 Å². The first-order chi connectivity index (χ1) is 11.4. The molecule has 128 valence electrons. The van der Waals surface area contributed by atoms with Gasteiger partial charge in [-0.1, -0.05) is 17.7 Å². The molecule has 3 rings (SSSR count). The molecule has 6 nitrogen and oxygen atoms in total. The second-order valence-corrected chi connectivity index (χ2v) is 7.95. The van der Waals surface area contributed by atoms with Crippen LogP contribution in [0.2, 0.25) is 0 Å². The molecular formula is C17H21N3O3S. The fourth-order valence-electron chi connectivity index (χ4n) is 2.79. The molecule has 0 N–H and O–H groups in total. The lowest BCUT2D eigenvalue weighted by Gasteiger charge is -2.32. The van der Waals surface area contributed by atoms with Crippen molar-refractivity contribution < 1.29 is 13.2 Å². The lowest BCUT2D eigenvalue weighted by molar-refractivity contribution is -0.00513. The molecule has 1 aromatic carbocycles. The van der Waals surface area contributed by atoms with Crippen molar-refractivity contribution in [1.82, 2.24) is 14.3 Å². The molecule has 1 atom stereocenters. The van der Waals surface area contributed by atoms with Crippen LogP contribution < -0.4 is 0 Å². The van der Waals surface area contributed by atoms with Gasteiger partial charge in [0.1, 0.15) is 11.9 Å². The molecule has 0 amide bonds. The molecule has 2 aromatic rings. The monoisotopic (exact) mass is 347 g/mol. The van der Waals surface area contributed by atoms with Crippen LogP contribution in [0.3, 0.4) is 0 Å². The number of rotatable bonds is 3. The zero-order valence-corrected chi connectivity index (χ0v) is 14.9. The van der Waals surface area contributed by atoms with Crippen LogP contribution in [0.25, 0.3) is 0 Å². The Morgan fingerprint density at radius 1 is 1.12 bits per heavy atom. The molecule has 0 saturated carbocycles. The summed E-state index contributed by atoms with van der Waals surface area (Å²) in [5.41, 5.74) is 2.60. The van der Waals surface area contributed by atoms with Gasteiger partial charge in [-0.3, -0.25) is 0 Å². The van der Waals surface area contributed by atoms with Crippen LogP contribution in [-0.2, 0) is 14.8 Å². The second-order valence-electron chi connectivity index (χ2n) is 6.02. The molecule has 0 unspecified atom stereocenters. The third kappa shape index (κ3) is 3.48. The number of hydrogen-bond donors (Lipinski definition) is 0. The molecule has 1 aliphatic rings. The highest BCUT2D eigenvalue weighted by molar-refractivity contribution is 7.89. The summed E-state index contributed by atoms with van der Waals surface area (Å²) in [6, 6.07) is 8.76. The number of hydrogen-bond acceptors (Lipinski definition) is 5. The molecule has 1 fully saturated rings. The predicted molar refractivity (Wildman–Crippen MR) is 90.1 cm³/mol. The first-order valence-corrected chi connectivity index (χ1v) is 9.31. The largest absolute Gasteiger partial charge is 0.369 e. The molecule has 0 spiro atoms. The van der Waals surface area contributed by atoms with Gasteiger partial charge in [0.25, 0.3) is 0 Å². The Labute approximate surface area is 142 Å². The fraction of sp³-hybridized carbons (Fsp3) is 0.412. The van der Waals surface area contributed by atoms with Crippen LogP contribution in [0, 0.1) is 20.8 Å². The van der Waals surface area contributed by atoms with Crippen molar-refractivity contribution in [3.8, 4) is 0 Å². The molecule has 0 bridgehead atoms. The van der Waals surface area contributed by atoms with Crippen molar-refractivity contribution in [1.29, 1.82) is 0 Å². The minimum Gasteiger partial charge on any atom is -0.369 e. The molecule has 0 aliphatic carbocycles. The normalized spacial score (nSPS) is 19.4. The zero-order valence-electron chi connectivity index (χ0n) is 14.1. The minimum absolute atomic E-state index is 0.256. The third-order valence-corrected chi connectivity index (χ3v) is 5.88. The van der Waals surface area contributed by atoms with E-state index in [-0.39, 0.29) is 12.6 Å². The third-order valence-electron chi connectivity index (χ3n) is 4.00. The molecule has 2 heterocycles. The van der Waals surface area contributed by atoms with E-state index in [4.69, 9.17) is 4.74 Å². The number of nitrogens with zero attached hydrogens (tertiary/aromatic N) is 3. The highest BCUT2D eigenvalue weighted by Gasteiger charge is 2.32. The summed E-state index contributed by atoms with van der Waals surface area (Å²) in [5, 5.41) is 0. The number of aromatic nitrogens is 2. The molecule has 1 aromatic heterocycles. The van der Waals surface area contributed by atoms with E-state index in [0.29, 0.717) is 23.9 Å². The summed E-state index contributed by atoms with van der Waals surface area (Å²) >= 11 is 0. The molecule has 1 saturated heterocycles. The lowest BCUT2D eigenvalue weighted by Crippen LogP contribution is -2.42. The topological polar surface area (TPSA) is 72.4 Å². The Kier molecular flexibility index (Phi) is 4.67. The van der Waals surface area contributed by atoms with E-state index >= 15 is 0 Å². The van der Waals surface area contributed by atoms with Gasteiger partial charge < -0.3 is 4.74 Å². The molecule has 24 heavy (non-hydrogen) atoms. The molecular weight excluding hydrogens is 326 g/mol. The average molecular weight is 347 g/mol. The number of sulfonamides is 1. The Morgan fingerprint density at radius 2 is 1.83 bits per heavy atom. The summed E-state index contributed by atoms with van der Waals surface area (Å²) in [6.45, 7) is 6.59. The van der Waals surface area contributed by atoms with Crippen LogP contribution in [0.5, 0.6) is 0 Å². The van der Waals surface area contributed by atoms with E-state index in [1.54, 1.807) is 12.1 Å². The standard InChI is InChI=1S/C17H21N3O3S/c1-12-4-6-15(7-5-12)24(21,22)20-8-9-23-17(11-20)16-10-13(2)18-14(3)19-16/h4-7,10,17H,8-9,11H2,1-3H3/t17-/m0/s1. The van der Waals surface area contributed by atoms with Gasteiger partial charge in [-0.25, -0.2) is 18.4 Å². The van der Waals surface area contributed by atoms with Crippen LogP contribution in [0.4, 0.5) is 0 Å². The average Bonchev–Trinajstić information content (AvgIpc) is 2.54. The van der Waals surface area contributed by atoms with Crippen LogP contribution in [0.1, 0.15) is 28.9 Å². The van der Waals surface area contributed by atoms with Crippen LogP contribution in [-0.4, -0.2) is 42.4 Å². The Bertz CT molecular complexity index is 814. The Hall–Kier alpha value is -1.83. The van der Waals surface area contributed by atoms with Gasteiger partial charge in [0.05, 0.1) is 17.2 Å². The maximum Gasteiger partial charge on any atom is 0.243 e. The fourth-order valence-corrected chi connectivity index (χ4v) is 4.22. The molecule has 0 radical (unpaired) electrons. The molecule has 1 aliphatic heterocycles. The number of ether oxygens (including phenoxy) is 1. The SMILES string of the molecule is Cc1ccc(S(=O)(=O)N2CCO[C@H](c3cc(C)nc(C)n3)C2)cc1. The Balaban J connectivity index is 1.86. The first-order valence-electron chi connectivity index (χ1n) is 7.87. The maximum absolute atomic E-state index is 12.8. The van der Waals surface area contributed by atoms with Crippen molar-refractivity contribution in [3.05, 3.63) is 53.1 Å². The van der Waals surface area contributed by atoms with Gasteiger partial charge in [-0.05, 0) is 39.0 Å². The van der Waals surface area contributed by atoms with Gasteiger partial charge in [-0.15, -0.1) is 0 Å². The lowest BCUT2D eigenvalue weighted by atomic mass is 10.2. The van der Waals surface area contributed by atoms with Crippen molar-refractivity contribution in [2.24, 2.45) is 0 Å². The van der Waals surface area contributed by atoms with Crippen molar-refractivity contribution in [3.63, 3.8) is 0 Å². The maximum atomic E-state index is 12.8. The second kappa shape index (κ2) is 6.58. The summed E-state index contributed by atoms with van der Waals surface area (Å²) in [4.78, 5) is 8.96. The van der Waals surface area contributed by atoms with Crippen LogP contribution in [0.15, 0.2) is 35.2 Å². The van der Waals surface area contributed by atoms with Crippen molar-refractivity contribution in [2.45, 2.75) is 31.8 Å². The van der Waals surface area contributed by atoms with E-state index < -0.39 is 10.0 Å². The Morgan fingerprint density at radius 3 is 2.50 bits per heavy atom. The van der Waals surface area contributed by atoms with E-state index in [0.717, 1.165) is 17.0 Å². The summed E-state index contributed by atoms with van der Waals surface area (Å²) in [6.07, 6.45) is -0.376. The minimum atomic E-state index is -3.53. The van der Waals surface area contributed by atoms with E-state index in [1.165, 1.54) is 4.31 Å². The van der Waals surface area contributed by atoms with Crippen LogP contribution >= 0.6 is 0 Å². The summed E-state index contributed by atoms with van der Waals surface area (Å²) < 4.78 is 32.9. The first kappa shape index (κ1) is 17.0. The number of aryl methyl sites for hydroxylation is 3. The number of morpholine rings is 1. The van der Waals surface area contributed by atoms with E-state index in [1.807, 2.05) is 39.0 Å². The van der Waals surface area contributed by atoms with Crippen molar-refractivity contribution >= 4 is 10.0 Å². The van der Waals surface area contributed by atoms with Gasteiger partial charge in [0.15, 0.2) is 0 Å². The molecule has 7 heteroatoms. The highest BCUT2D eigenvalue weighted by Crippen LogP contribution is 2.26.